The average molecular weight is 317 g/mol. The van der Waals surface area contributed by atoms with Crippen molar-refractivity contribution in [3.05, 3.63) is 34.9 Å². The molecule has 114 valence electrons. The van der Waals surface area contributed by atoms with Gasteiger partial charge in [-0.15, -0.1) is 0 Å². The van der Waals surface area contributed by atoms with Crippen LogP contribution in [-0.4, -0.2) is 24.7 Å². The van der Waals surface area contributed by atoms with E-state index in [9.17, 15) is 0 Å². The van der Waals surface area contributed by atoms with Crippen LogP contribution in [0, 0.1) is 13.8 Å². The Hall–Kier alpha value is -2.21. The number of aromatic nitrogens is 5. The Balaban J connectivity index is 2.17. The fourth-order valence-corrected chi connectivity index (χ4v) is 2.45. The van der Waals surface area contributed by atoms with E-state index in [0.717, 1.165) is 22.3 Å². The predicted octanol–water partition coefficient (Wildman–Crippen LogP) is 3.82. The van der Waals surface area contributed by atoms with Gasteiger partial charge in [-0.05, 0) is 50.9 Å². The molecule has 3 rings (SSSR count). The first-order chi connectivity index (χ1) is 10.5. The van der Waals surface area contributed by atoms with E-state index in [1.165, 1.54) is 0 Å². The van der Waals surface area contributed by atoms with E-state index in [-0.39, 0.29) is 11.3 Å². The number of pyridine rings is 1. The lowest BCUT2D eigenvalue weighted by Crippen LogP contribution is -2.06. The van der Waals surface area contributed by atoms with Gasteiger partial charge in [0.25, 0.3) is 0 Å². The first-order valence-electron chi connectivity index (χ1n) is 7.07. The molecule has 3 aromatic rings. The molecule has 0 atom stereocenters. The van der Waals surface area contributed by atoms with Gasteiger partial charge in [0.1, 0.15) is 16.9 Å². The molecule has 0 bridgehead atoms. The smallest absolute Gasteiger partial charge is 0.225 e. The zero-order chi connectivity index (χ0) is 15.9. The van der Waals surface area contributed by atoms with Crippen LogP contribution in [0.25, 0.3) is 11.0 Å². The number of hydrogen-bond acceptors (Lipinski definition) is 5. The van der Waals surface area contributed by atoms with Crippen LogP contribution in [0.15, 0.2) is 18.3 Å². The number of hydrogen-bond donors (Lipinski definition) is 1. The third-order valence-electron chi connectivity index (χ3n) is 3.33. The van der Waals surface area contributed by atoms with Gasteiger partial charge in [-0.2, -0.15) is 10.1 Å². The molecular formula is C15H17ClN6. The summed E-state index contributed by atoms with van der Waals surface area (Å²) < 4.78 is 1.90. The number of nitrogens with one attached hydrogen (secondary N) is 1. The summed E-state index contributed by atoms with van der Waals surface area (Å²) >= 11 is 6.06. The molecule has 3 aromatic heterocycles. The number of anilines is 2. The molecule has 0 unspecified atom stereocenters. The molecule has 0 aromatic carbocycles. The third kappa shape index (κ3) is 2.62. The van der Waals surface area contributed by atoms with Crippen molar-refractivity contribution in [3.63, 3.8) is 0 Å². The molecule has 0 fully saturated rings. The molecule has 6 nitrogen and oxygen atoms in total. The van der Waals surface area contributed by atoms with Crippen molar-refractivity contribution >= 4 is 34.3 Å². The molecule has 3 heterocycles. The highest BCUT2D eigenvalue weighted by Gasteiger charge is 2.18. The standard InChI is InChI=1S/C15H17ClN6/c1-8(2)22-13-12(10(4)21-22)19-15(16)20-14(13)18-11-6-5-9(3)7-17-11/h5-8H,1-4H3,(H,17,18,19,20). The quantitative estimate of drug-likeness (QED) is 0.744. The SMILES string of the molecule is Cc1ccc(Nc2nc(Cl)nc3c(C)nn(C(C)C)c23)nc1. The van der Waals surface area contributed by atoms with E-state index in [0.29, 0.717) is 11.6 Å². The summed E-state index contributed by atoms with van der Waals surface area (Å²) in [6, 6.07) is 4.08. The van der Waals surface area contributed by atoms with Crippen LogP contribution in [0.5, 0.6) is 0 Å². The van der Waals surface area contributed by atoms with Crippen LogP contribution in [0.1, 0.15) is 31.1 Å². The van der Waals surface area contributed by atoms with Gasteiger partial charge in [0.15, 0.2) is 5.82 Å². The Bertz CT molecular complexity index is 822. The molecule has 0 aliphatic heterocycles. The van der Waals surface area contributed by atoms with Crippen molar-refractivity contribution in [2.24, 2.45) is 0 Å². The van der Waals surface area contributed by atoms with Gasteiger partial charge in [0, 0.05) is 12.2 Å². The maximum absolute atomic E-state index is 6.06. The average Bonchev–Trinajstić information content (AvgIpc) is 2.79. The molecule has 7 heteroatoms. The van der Waals surface area contributed by atoms with Gasteiger partial charge >= 0.3 is 0 Å². The summed E-state index contributed by atoms with van der Waals surface area (Å²) in [5.41, 5.74) is 3.51. The van der Waals surface area contributed by atoms with E-state index in [1.54, 1.807) is 6.20 Å². The second kappa shape index (κ2) is 5.53. The lowest BCUT2D eigenvalue weighted by atomic mass is 10.3. The fraction of sp³-hybridized carbons (Fsp3) is 0.333. The van der Waals surface area contributed by atoms with Gasteiger partial charge in [0.05, 0.1) is 5.69 Å². The van der Waals surface area contributed by atoms with Crippen LogP contribution in [0.2, 0.25) is 5.28 Å². The number of rotatable bonds is 3. The number of halogens is 1. The second-order valence-electron chi connectivity index (χ2n) is 5.51. The topological polar surface area (TPSA) is 68.5 Å². The van der Waals surface area contributed by atoms with E-state index in [4.69, 9.17) is 11.6 Å². The first-order valence-corrected chi connectivity index (χ1v) is 7.45. The zero-order valence-electron chi connectivity index (χ0n) is 12.9. The van der Waals surface area contributed by atoms with Crippen LogP contribution in [-0.2, 0) is 0 Å². The molecule has 0 saturated heterocycles. The van der Waals surface area contributed by atoms with Crippen molar-refractivity contribution < 1.29 is 0 Å². The number of nitrogens with zero attached hydrogens (tertiary/aromatic N) is 5. The highest BCUT2D eigenvalue weighted by molar-refractivity contribution is 6.28. The molecule has 0 spiro atoms. The van der Waals surface area contributed by atoms with E-state index in [2.05, 4.69) is 39.2 Å². The molecule has 0 saturated carbocycles. The van der Waals surface area contributed by atoms with Crippen LogP contribution >= 0.6 is 11.6 Å². The monoisotopic (exact) mass is 316 g/mol. The van der Waals surface area contributed by atoms with Crippen molar-refractivity contribution in [2.45, 2.75) is 33.7 Å². The van der Waals surface area contributed by atoms with Crippen LogP contribution in [0.4, 0.5) is 11.6 Å². The summed E-state index contributed by atoms with van der Waals surface area (Å²) in [4.78, 5) is 13.0. The second-order valence-corrected chi connectivity index (χ2v) is 5.85. The largest absolute Gasteiger partial charge is 0.323 e. The van der Waals surface area contributed by atoms with Gasteiger partial charge < -0.3 is 5.32 Å². The Kier molecular flexibility index (Phi) is 3.70. The lowest BCUT2D eigenvalue weighted by molar-refractivity contribution is 0.547. The number of fused-ring (bicyclic) bond motifs is 1. The summed E-state index contributed by atoms with van der Waals surface area (Å²) in [5.74, 6) is 1.32. The van der Waals surface area contributed by atoms with Gasteiger partial charge in [-0.3, -0.25) is 4.68 Å². The summed E-state index contributed by atoms with van der Waals surface area (Å²) in [7, 11) is 0. The molecular weight excluding hydrogens is 300 g/mol. The maximum atomic E-state index is 6.06. The molecule has 0 radical (unpaired) electrons. The predicted molar refractivity (Wildman–Crippen MR) is 87.7 cm³/mol. The minimum atomic E-state index is 0.188. The minimum absolute atomic E-state index is 0.188. The van der Waals surface area contributed by atoms with Gasteiger partial charge in [0.2, 0.25) is 5.28 Å². The zero-order valence-corrected chi connectivity index (χ0v) is 13.7. The van der Waals surface area contributed by atoms with Crippen molar-refractivity contribution in [2.75, 3.05) is 5.32 Å². The van der Waals surface area contributed by atoms with Crippen molar-refractivity contribution in [1.29, 1.82) is 0 Å². The Morgan fingerprint density at radius 2 is 1.95 bits per heavy atom. The number of aryl methyl sites for hydroxylation is 2. The van der Waals surface area contributed by atoms with Gasteiger partial charge in [-0.25, -0.2) is 9.97 Å². The van der Waals surface area contributed by atoms with Crippen molar-refractivity contribution in [1.82, 2.24) is 24.7 Å². The molecule has 0 amide bonds. The van der Waals surface area contributed by atoms with E-state index < -0.39 is 0 Å². The molecule has 1 N–H and O–H groups in total. The maximum Gasteiger partial charge on any atom is 0.225 e. The van der Waals surface area contributed by atoms with Gasteiger partial charge in [-0.1, -0.05) is 6.07 Å². The first kappa shape index (κ1) is 14.7. The third-order valence-corrected chi connectivity index (χ3v) is 3.50. The van der Waals surface area contributed by atoms with Crippen LogP contribution < -0.4 is 5.32 Å². The molecule has 0 aliphatic rings. The summed E-state index contributed by atoms with van der Waals surface area (Å²) in [6.07, 6.45) is 1.80. The van der Waals surface area contributed by atoms with Crippen LogP contribution in [0.3, 0.4) is 0 Å². The van der Waals surface area contributed by atoms with E-state index in [1.807, 2.05) is 30.7 Å². The Morgan fingerprint density at radius 3 is 2.59 bits per heavy atom. The summed E-state index contributed by atoms with van der Waals surface area (Å²) in [6.45, 7) is 8.04. The highest BCUT2D eigenvalue weighted by Crippen LogP contribution is 2.28. The van der Waals surface area contributed by atoms with E-state index >= 15 is 0 Å². The lowest BCUT2D eigenvalue weighted by Gasteiger charge is -2.11. The Labute approximate surface area is 133 Å². The molecule has 0 aliphatic carbocycles. The summed E-state index contributed by atoms with van der Waals surface area (Å²) in [5, 5.41) is 7.95. The van der Waals surface area contributed by atoms with Crippen molar-refractivity contribution in [3.8, 4) is 0 Å². The minimum Gasteiger partial charge on any atom is -0.323 e. The fourth-order valence-electron chi connectivity index (χ4n) is 2.28. The normalized spacial score (nSPS) is 11.4. The highest BCUT2D eigenvalue weighted by atomic mass is 35.5. The Morgan fingerprint density at radius 1 is 1.18 bits per heavy atom. The molecule has 22 heavy (non-hydrogen) atoms.